The summed E-state index contributed by atoms with van der Waals surface area (Å²) in [6, 6.07) is 3.32. The number of aromatic nitrogens is 2. The number of ether oxygens (including phenoxy) is 2. The second-order valence-electron chi connectivity index (χ2n) is 5.24. The average Bonchev–Trinajstić information content (AvgIpc) is 2.79. The van der Waals surface area contributed by atoms with Crippen molar-refractivity contribution < 1.29 is 13.9 Å². The van der Waals surface area contributed by atoms with Gasteiger partial charge >= 0.3 is 0 Å². The van der Waals surface area contributed by atoms with Crippen molar-refractivity contribution in [3.05, 3.63) is 29.3 Å². The maximum Gasteiger partial charge on any atom is 0.128 e. The van der Waals surface area contributed by atoms with Crippen molar-refractivity contribution in [1.29, 1.82) is 0 Å². The third-order valence-corrected chi connectivity index (χ3v) is 3.89. The van der Waals surface area contributed by atoms with Gasteiger partial charge < -0.3 is 14.0 Å². The molecular weight excluding hydrogens is 295 g/mol. The molecule has 1 aromatic carbocycles. The Hall–Kier alpha value is -1.17. The van der Waals surface area contributed by atoms with Crippen LogP contribution in [0.15, 0.2) is 12.1 Å². The van der Waals surface area contributed by atoms with Gasteiger partial charge in [-0.1, -0.05) is 0 Å². The van der Waals surface area contributed by atoms with Gasteiger partial charge in [-0.15, -0.1) is 11.6 Å². The van der Waals surface area contributed by atoms with Crippen molar-refractivity contribution >= 4 is 22.6 Å². The Kier molecular flexibility index (Phi) is 4.42. The van der Waals surface area contributed by atoms with E-state index in [9.17, 15) is 4.39 Å². The summed E-state index contributed by atoms with van der Waals surface area (Å²) < 4.78 is 26.9. The minimum Gasteiger partial charge on any atom is -0.376 e. The molecule has 114 valence electrons. The molecule has 1 fully saturated rings. The van der Waals surface area contributed by atoms with E-state index in [1.165, 1.54) is 6.07 Å². The molecule has 3 rings (SSSR count). The van der Waals surface area contributed by atoms with Crippen LogP contribution in [0.4, 0.5) is 4.39 Å². The maximum atomic E-state index is 13.7. The Morgan fingerprint density at radius 2 is 2.29 bits per heavy atom. The lowest BCUT2D eigenvalue weighted by atomic mass is 10.2. The largest absolute Gasteiger partial charge is 0.376 e. The van der Waals surface area contributed by atoms with Crippen LogP contribution in [0, 0.1) is 12.7 Å². The van der Waals surface area contributed by atoms with Crippen LogP contribution in [0.3, 0.4) is 0 Å². The lowest BCUT2D eigenvalue weighted by Gasteiger charge is -2.24. The second-order valence-corrected chi connectivity index (χ2v) is 5.61. The first-order valence-electron chi connectivity index (χ1n) is 7.09. The van der Waals surface area contributed by atoms with E-state index in [1.807, 2.05) is 6.07 Å². The first kappa shape index (κ1) is 14.8. The lowest BCUT2D eigenvalue weighted by molar-refractivity contribution is -0.0934. The van der Waals surface area contributed by atoms with E-state index in [2.05, 4.69) is 9.55 Å². The summed E-state index contributed by atoms with van der Waals surface area (Å²) in [5.41, 5.74) is 2.19. The molecule has 0 N–H and O–H groups in total. The molecule has 4 nitrogen and oxygen atoms in total. The summed E-state index contributed by atoms with van der Waals surface area (Å²) >= 11 is 5.86. The quantitative estimate of drug-likeness (QED) is 0.814. The average molecular weight is 313 g/mol. The molecule has 0 amide bonds. The summed E-state index contributed by atoms with van der Waals surface area (Å²) in [7, 11) is 0. The standard InChI is InChI=1S/C15H18ClFN2O2/c1-10-6-14-13(7-12(10)17)18-15(2-3-16)19(14)8-11-9-20-4-5-21-11/h6-7,11H,2-5,8-9H2,1H3. The van der Waals surface area contributed by atoms with Crippen molar-refractivity contribution in [2.75, 3.05) is 25.7 Å². The summed E-state index contributed by atoms with van der Waals surface area (Å²) in [6.07, 6.45) is 0.639. The predicted octanol–water partition coefficient (Wildman–Crippen LogP) is 2.68. The first-order chi connectivity index (χ1) is 10.2. The van der Waals surface area contributed by atoms with Gasteiger partial charge in [0.05, 0.1) is 43.5 Å². The van der Waals surface area contributed by atoms with Gasteiger partial charge in [0.15, 0.2) is 0 Å². The van der Waals surface area contributed by atoms with Crippen molar-refractivity contribution in [3.8, 4) is 0 Å². The van der Waals surface area contributed by atoms with Crippen molar-refractivity contribution in [3.63, 3.8) is 0 Å². The van der Waals surface area contributed by atoms with Crippen LogP contribution < -0.4 is 0 Å². The highest BCUT2D eigenvalue weighted by Gasteiger charge is 2.19. The van der Waals surface area contributed by atoms with Gasteiger partial charge in [-0.25, -0.2) is 9.37 Å². The normalized spacial score (nSPS) is 19.3. The number of imidazole rings is 1. The van der Waals surface area contributed by atoms with Crippen LogP contribution in [-0.2, 0) is 22.4 Å². The third kappa shape index (κ3) is 3.05. The van der Waals surface area contributed by atoms with Gasteiger partial charge in [0.25, 0.3) is 0 Å². The molecule has 1 saturated heterocycles. The fraction of sp³-hybridized carbons (Fsp3) is 0.533. The van der Waals surface area contributed by atoms with Gasteiger partial charge in [0.1, 0.15) is 11.6 Å². The Bertz CT molecular complexity index is 638. The molecule has 1 aliphatic heterocycles. The molecule has 1 unspecified atom stereocenters. The molecule has 6 heteroatoms. The Labute approximate surface area is 127 Å². The number of fused-ring (bicyclic) bond motifs is 1. The highest BCUT2D eigenvalue weighted by Crippen LogP contribution is 2.22. The number of rotatable bonds is 4. The SMILES string of the molecule is Cc1cc2c(cc1F)nc(CCCl)n2CC1COCCO1. The van der Waals surface area contributed by atoms with Crippen LogP contribution in [0.2, 0.25) is 0 Å². The number of nitrogens with zero attached hydrogens (tertiary/aromatic N) is 2. The summed E-state index contributed by atoms with van der Waals surface area (Å²) in [4.78, 5) is 4.51. The summed E-state index contributed by atoms with van der Waals surface area (Å²) in [5.74, 6) is 1.10. The zero-order valence-electron chi connectivity index (χ0n) is 11.9. The van der Waals surface area contributed by atoms with Gasteiger partial charge in [0.2, 0.25) is 0 Å². The van der Waals surface area contributed by atoms with E-state index in [1.54, 1.807) is 6.92 Å². The van der Waals surface area contributed by atoms with Gasteiger partial charge in [-0.3, -0.25) is 0 Å². The van der Waals surface area contributed by atoms with E-state index >= 15 is 0 Å². The van der Waals surface area contributed by atoms with E-state index in [-0.39, 0.29) is 11.9 Å². The molecule has 2 aromatic rings. The third-order valence-electron chi connectivity index (χ3n) is 3.70. The van der Waals surface area contributed by atoms with Gasteiger partial charge in [-0.2, -0.15) is 0 Å². The van der Waals surface area contributed by atoms with Crippen LogP contribution >= 0.6 is 11.6 Å². The highest BCUT2D eigenvalue weighted by molar-refractivity contribution is 6.17. The second kappa shape index (κ2) is 6.30. The number of halogens is 2. The van der Waals surface area contributed by atoms with Crippen LogP contribution in [0.1, 0.15) is 11.4 Å². The monoisotopic (exact) mass is 312 g/mol. The minimum absolute atomic E-state index is 0.00409. The summed E-state index contributed by atoms with van der Waals surface area (Å²) in [6.45, 7) is 4.22. The minimum atomic E-state index is -0.234. The molecule has 1 aromatic heterocycles. The first-order valence-corrected chi connectivity index (χ1v) is 7.63. The van der Waals surface area contributed by atoms with E-state index < -0.39 is 0 Å². The van der Waals surface area contributed by atoms with Crippen LogP contribution in [-0.4, -0.2) is 41.4 Å². The van der Waals surface area contributed by atoms with E-state index in [0.29, 0.717) is 49.7 Å². The molecule has 0 spiro atoms. The van der Waals surface area contributed by atoms with Crippen molar-refractivity contribution in [1.82, 2.24) is 9.55 Å². The highest BCUT2D eigenvalue weighted by atomic mass is 35.5. The molecule has 2 heterocycles. The van der Waals surface area contributed by atoms with Crippen LogP contribution in [0.25, 0.3) is 11.0 Å². The number of benzene rings is 1. The van der Waals surface area contributed by atoms with E-state index in [0.717, 1.165) is 11.3 Å². The number of hydrogen-bond acceptors (Lipinski definition) is 3. The van der Waals surface area contributed by atoms with Crippen molar-refractivity contribution in [2.24, 2.45) is 0 Å². The fourth-order valence-electron chi connectivity index (χ4n) is 2.62. The molecule has 0 bridgehead atoms. The Balaban J connectivity index is 2.00. The number of aryl methyl sites for hydroxylation is 2. The smallest absolute Gasteiger partial charge is 0.128 e. The van der Waals surface area contributed by atoms with Crippen LogP contribution in [0.5, 0.6) is 0 Å². The van der Waals surface area contributed by atoms with Gasteiger partial charge in [0, 0.05) is 18.4 Å². The molecule has 0 radical (unpaired) electrons. The van der Waals surface area contributed by atoms with Gasteiger partial charge in [-0.05, 0) is 18.6 Å². The zero-order chi connectivity index (χ0) is 14.8. The van der Waals surface area contributed by atoms with Crippen molar-refractivity contribution in [2.45, 2.75) is 26.0 Å². The van der Waals surface area contributed by atoms with E-state index in [4.69, 9.17) is 21.1 Å². The molecule has 1 aliphatic rings. The number of alkyl halides is 1. The Morgan fingerprint density at radius 1 is 1.43 bits per heavy atom. The maximum absolute atomic E-state index is 13.7. The molecule has 0 aliphatic carbocycles. The molecule has 0 saturated carbocycles. The predicted molar refractivity (Wildman–Crippen MR) is 79.4 cm³/mol. The lowest BCUT2D eigenvalue weighted by Crippen LogP contribution is -2.32. The molecule has 21 heavy (non-hydrogen) atoms. The zero-order valence-corrected chi connectivity index (χ0v) is 12.7. The molecular formula is C15H18ClFN2O2. The number of hydrogen-bond donors (Lipinski definition) is 0. The topological polar surface area (TPSA) is 36.3 Å². The molecule has 1 atom stereocenters. The Morgan fingerprint density at radius 3 is 3.00 bits per heavy atom. The summed E-state index contributed by atoms with van der Waals surface area (Å²) in [5, 5.41) is 0. The fourth-order valence-corrected chi connectivity index (χ4v) is 2.79.